The number of ether oxygens (including phenoxy) is 1. The molecule has 0 saturated carbocycles. The maximum atomic E-state index is 5.73. The molecule has 3 rings (SSSR count). The van der Waals surface area contributed by atoms with Crippen LogP contribution in [0.15, 0.2) is 45.9 Å². The molecule has 0 aromatic heterocycles. The number of nitrogens with zero attached hydrogens (tertiary/aromatic N) is 2. The topological polar surface area (TPSA) is 24.8 Å². The van der Waals surface area contributed by atoms with E-state index in [9.17, 15) is 0 Å². The highest BCUT2D eigenvalue weighted by atomic mass is 79.9. The van der Waals surface area contributed by atoms with Crippen LogP contribution in [-0.2, 0) is 0 Å². The summed E-state index contributed by atoms with van der Waals surface area (Å²) in [5.41, 5.74) is 6.86. The quantitative estimate of drug-likeness (QED) is 0.470. The monoisotopic (exact) mass is 440 g/mol. The number of anilines is 1. The van der Waals surface area contributed by atoms with Crippen molar-refractivity contribution in [1.29, 1.82) is 0 Å². The predicted octanol–water partition coefficient (Wildman–Crippen LogP) is 6.93. The van der Waals surface area contributed by atoms with E-state index in [2.05, 4.69) is 85.8 Å². The van der Waals surface area contributed by atoms with Crippen LogP contribution in [0.1, 0.15) is 50.8 Å². The number of halogens is 1. The molecule has 3 nitrogen and oxygen atoms in total. The SMILES string of the molecule is CCCN1c2cc(OC)c(C=Nc3ccc(C)cc3Br)cc2C(C)=CC1(C)C. The molecule has 2 aromatic rings. The summed E-state index contributed by atoms with van der Waals surface area (Å²) in [6.45, 7) is 12.0. The molecule has 1 heterocycles. The Morgan fingerprint density at radius 3 is 2.57 bits per heavy atom. The van der Waals surface area contributed by atoms with Gasteiger partial charge in [-0.1, -0.05) is 19.1 Å². The number of fused-ring (bicyclic) bond motifs is 1. The number of allylic oxidation sites excluding steroid dienone is 1. The lowest BCUT2D eigenvalue weighted by atomic mass is 9.87. The van der Waals surface area contributed by atoms with Gasteiger partial charge in [0.2, 0.25) is 0 Å². The van der Waals surface area contributed by atoms with Crippen LogP contribution in [0.25, 0.3) is 5.57 Å². The van der Waals surface area contributed by atoms with E-state index in [1.807, 2.05) is 12.3 Å². The summed E-state index contributed by atoms with van der Waals surface area (Å²) in [6.07, 6.45) is 5.35. The third kappa shape index (κ3) is 4.02. The molecule has 0 N–H and O–H groups in total. The number of rotatable bonds is 5. The zero-order valence-electron chi connectivity index (χ0n) is 17.6. The Labute approximate surface area is 177 Å². The largest absolute Gasteiger partial charge is 0.496 e. The molecule has 0 bridgehead atoms. The average Bonchev–Trinajstić information content (AvgIpc) is 2.63. The summed E-state index contributed by atoms with van der Waals surface area (Å²) in [6, 6.07) is 10.5. The highest BCUT2D eigenvalue weighted by Crippen LogP contribution is 2.42. The van der Waals surface area contributed by atoms with Gasteiger partial charge in [0.25, 0.3) is 0 Å². The van der Waals surface area contributed by atoms with Gasteiger partial charge in [-0.05, 0) is 79.4 Å². The molecule has 0 amide bonds. The molecule has 1 aliphatic heterocycles. The second-order valence-corrected chi connectivity index (χ2v) is 8.81. The zero-order chi connectivity index (χ0) is 20.5. The standard InChI is InChI=1S/C24H29BrN2O/c1-7-10-27-22-13-23(28-6)18(12-19(22)17(3)14-24(27,4)5)15-26-21-9-8-16(2)11-20(21)25/h8-9,11-15H,7,10H2,1-6H3. The fraction of sp³-hybridized carbons (Fsp3) is 0.375. The van der Waals surface area contributed by atoms with Gasteiger partial charge in [0.1, 0.15) is 5.75 Å². The van der Waals surface area contributed by atoms with Crippen LogP contribution in [0.3, 0.4) is 0 Å². The summed E-state index contributed by atoms with van der Waals surface area (Å²) in [7, 11) is 1.72. The Bertz CT molecular complexity index is 944. The second kappa shape index (κ2) is 8.12. The van der Waals surface area contributed by atoms with Crippen LogP contribution in [-0.4, -0.2) is 25.4 Å². The van der Waals surface area contributed by atoms with Crippen molar-refractivity contribution in [2.75, 3.05) is 18.6 Å². The van der Waals surface area contributed by atoms with Crippen molar-refractivity contribution in [1.82, 2.24) is 0 Å². The molecule has 0 saturated heterocycles. The van der Waals surface area contributed by atoms with Crippen LogP contribution < -0.4 is 9.64 Å². The van der Waals surface area contributed by atoms with Gasteiger partial charge in [-0.3, -0.25) is 4.99 Å². The summed E-state index contributed by atoms with van der Waals surface area (Å²) < 4.78 is 6.72. The first-order valence-electron chi connectivity index (χ1n) is 9.76. The van der Waals surface area contributed by atoms with Crippen molar-refractivity contribution in [3.05, 3.63) is 57.6 Å². The molecule has 148 valence electrons. The van der Waals surface area contributed by atoms with Gasteiger partial charge in [-0.15, -0.1) is 0 Å². The number of aryl methyl sites for hydroxylation is 1. The van der Waals surface area contributed by atoms with Crippen LogP contribution >= 0.6 is 15.9 Å². The van der Waals surface area contributed by atoms with Crippen LogP contribution in [0.5, 0.6) is 5.75 Å². The fourth-order valence-corrected chi connectivity index (χ4v) is 4.48. The maximum absolute atomic E-state index is 5.73. The third-order valence-corrected chi connectivity index (χ3v) is 5.86. The van der Waals surface area contributed by atoms with Crippen molar-refractivity contribution in [3.63, 3.8) is 0 Å². The lowest BCUT2D eigenvalue weighted by Gasteiger charge is -2.43. The molecule has 0 atom stereocenters. The average molecular weight is 441 g/mol. The van der Waals surface area contributed by atoms with Crippen LogP contribution in [0.2, 0.25) is 0 Å². The third-order valence-electron chi connectivity index (χ3n) is 5.22. The summed E-state index contributed by atoms with van der Waals surface area (Å²) in [5, 5.41) is 0. The van der Waals surface area contributed by atoms with E-state index in [-0.39, 0.29) is 5.54 Å². The lowest BCUT2D eigenvalue weighted by molar-refractivity contribution is 0.413. The zero-order valence-corrected chi connectivity index (χ0v) is 19.2. The Morgan fingerprint density at radius 2 is 1.93 bits per heavy atom. The molecule has 1 aliphatic rings. The van der Waals surface area contributed by atoms with Crippen molar-refractivity contribution in [2.45, 2.75) is 46.6 Å². The van der Waals surface area contributed by atoms with Gasteiger partial charge in [0, 0.05) is 40.1 Å². The lowest BCUT2D eigenvalue weighted by Crippen LogP contribution is -2.45. The minimum Gasteiger partial charge on any atom is -0.496 e. The molecule has 4 heteroatoms. The Kier molecular flexibility index (Phi) is 5.99. The number of hydrogen-bond acceptors (Lipinski definition) is 3. The van der Waals surface area contributed by atoms with E-state index in [4.69, 9.17) is 9.73 Å². The second-order valence-electron chi connectivity index (χ2n) is 7.96. The normalized spacial score (nSPS) is 15.5. The molecule has 0 aliphatic carbocycles. The van der Waals surface area contributed by atoms with Gasteiger partial charge >= 0.3 is 0 Å². The van der Waals surface area contributed by atoms with Crippen LogP contribution in [0, 0.1) is 6.92 Å². The Morgan fingerprint density at radius 1 is 1.18 bits per heavy atom. The summed E-state index contributed by atoms with van der Waals surface area (Å²) in [5.74, 6) is 0.845. The predicted molar refractivity (Wildman–Crippen MR) is 124 cm³/mol. The van der Waals surface area contributed by atoms with Gasteiger partial charge in [-0.25, -0.2) is 0 Å². The molecular formula is C24H29BrN2O. The number of methoxy groups -OCH3 is 1. The highest BCUT2D eigenvalue weighted by molar-refractivity contribution is 9.10. The summed E-state index contributed by atoms with van der Waals surface area (Å²) in [4.78, 5) is 7.17. The van der Waals surface area contributed by atoms with E-state index in [0.29, 0.717) is 0 Å². The van der Waals surface area contributed by atoms with E-state index in [1.54, 1.807) is 7.11 Å². The van der Waals surface area contributed by atoms with Crippen molar-refractivity contribution in [2.24, 2.45) is 4.99 Å². The Hall–Kier alpha value is -2.07. The van der Waals surface area contributed by atoms with Gasteiger partial charge in [-0.2, -0.15) is 0 Å². The maximum Gasteiger partial charge on any atom is 0.129 e. The smallest absolute Gasteiger partial charge is 0.129 e. The summed E-state index contributed by atoms with van der Waals surface area (Å²) >= 11 is 3.60. The molecule has 0 unspecified atom stereocenters. The molecule has 0 radical (unpaired) electrons. The first kappa shape index (κ1) is 20.7. The fourth-order valence-electron chi connectivity index (χ4n) is 3.89. The van der Waals surface area contributed by atoms with E-state index < -0.39 is 0 Å². The minimum atomic E-state index is -0.0134. The van der Waals surface area contributed by atoms with E-state index in [1.165, 1.54) is 22.4 Å². The molecular weight excluding hydrogens is 412 g/mol. The number of hydrogen-bond donors (Lipinski definition) is 0. The minimum absolute atomic E-state index is 0.0134. The van der Waals surface area contributed by atoms with Gasteiger partial charge < -0.3 is 9.64 Å². The highest BCUT2D eigenvalue weighted by Gasteiger charge is 2.31. The molecule has 2 aromatic carbocycles. The van der Waals surface area contributed by atoms with Crippen molar-refractivity contribution < 1.29 is 4.74 Å². The van der Waals surface area contributed by atoms with Crippen LogP contribution in [0.4, 0.5) is 11.4 Å². The molecule has 28 heavy (non-hydrogen) atoms. The van der Waals surface area contributed by atoms with Crippen molar-refractivity contribution >= 4 is 39.1 Å². The Balaban J connectivity index is 2.07. The van der Waals surface area contributed by atoms with Gasteiger partial charge in [0.05, 0.1) is 18.3 Å². The first-order valence-corrected chi connectivity index (χ1v) is 10.6. The van der Waals surface area contributed by atoms with E-state index in [0.717, 1.165) is 34.4 Å². The number of benzene rings is 2. The molecule has 0 spiro atoms. The van der Waals surface area contributed by atoms with Crippen molar-refractivity contribution in [3.8, 4) is 5.75 Å². The van der Waals surface area contributed by atoms with E-state index >= 15 is 0 Å². The molecule has 0 fully saturated rings. The first-order chi connectivity index (χ1) is 13.3. The van der Waals surface area contributed by atoms with Gasteiger partial charge in [0.15, 0.2) is 0 Å². The number of aliphatic imine (C=N–C) groups is 1.